The Morgan fingerprint density at radius 2 is 1.85 bits per heavy atom. The van der Waals surface area contributed by atoms with Crippen LogP contribution in [0.1, 0.15) is 36.5 Å². The Bertz CT molecular complexity index is 987. The third kappa shape index (κ3) is 2.60. The number of pyridine rings is 1. The van der Waals surface area contributed by atoms with E-state index in [1.807, 2.05) is 13.8 Å². The van der Waals surface area contributed by atoms with Gasteiger partial charge in [-0.15, -0.1) is 10.2 Å². The molecule has 1 aliphatic heterocycles. The van der Waals surface area contributed by atoms with Gasteiger partial charge in [-0.3, -0.25) is 4.40 Å². The van der Waals surface area contributed by atoms with Crippen LogP contribution in [0.25, 0.3) is 5.65 Å². The maximum absolute atomic E-state index is 13.5. The summed E-state index contributed by atoms with van der Waals surface area (Å²) in [7, 11) is 0. The number of halogens is 4. The van der Waals surface area contributed by atoms with Crippen molar-refractivity contribution in [3.05, 3.63) is 58.8 Å². The minimum absolute atomic E-state index is 0.202. The number of nitrogens with one attached hydrogen (secondary N) is 1. The molecule has 0 unspecified atom stereocenters. The van der Waals surface area contributed by atoms with Gasteiger partial charge in [0.25, 0.3) is 0 Å². The first kappa shape index (κ1) is 16.8. The quantitative estimate of drug-likeness (QED) is 0.694. The predicted molar refractivity (Wildman–Crippen MR) is 88.7 cm³/mol. The van der Waals surface area contributed by atoms with Crippen LogP contribution in [0.4, 0.5) is 23.2 Å². The van der Waals surface area contributed by atoms with E-state index >= 15 is 0 Å². The number of nitrogens with zero attached hydrogens (tertiary/aromatic N) is 3. The number of benzene rings is 1. The van der Waals surface area contributed by atoms with E-state index in [2.05, 4.69) is 15.5 Å². The normalized spacial score (nSPS) is 15.9. The van der Waals surface area contributed by atoms with Crippen LogP contribution in [0.15, 0.2) is 30.3 Å². The van der Waals surface area contributed by atoms with Gasteiger partial charge in [0, 0.05) is 35.3 Å². The van der Waals surface area contributed by atoms with Crippen LogP contribution in [-0.4, -0.2) is 21.1 Å². The van der Waals surface area contributed by atoms with Crippen molar-refractivity contribution < 1.29 is 17.6 Å². The Kier molecular flexibility index (Phi) is 3.51. The molecule has 1 N–H and O–H groups in total. The number of hydrogen-bond acceptors (Lipinski definition) is 3. The molecule has 1 aromatic carbocycles. The minimum atomic E-state index is -4.62. The third-order valence-electron chi connectivity index (χ3n) is 4.70. The third-order valence-corrected chi connectivity index (χ3v) is 4.70. The summed E-state index contributed by atoms with van der Waals surface area (Å²) < 4.78 is 54.6. The van der Waals surface area contributed by atoms with E-state index in [9.17, 15) is 17.6 Å². The maximum Gasteiger partial charge on any atom is 0.452 e. The second kappa shape index (κ2) is 5.43. The van der Waals surface area contributed by atoms with Crippen LogP contribution < -0.4 is 5.32 Å². The number of fused-ring (bicyclic) bond motifs is 3. The Morgan fingerprint density at radius 1 is 1.15 bits per heavy atom. The molecule has 8 heteroatoms. The predicted octanol–water partition coefficient (Wildman–Crippen LogP) is 4.18. The summed E-state index contributed by atoms with van der Waals surface area (Å²) in [5.74, 6) is -1.44. The zero-order valence-corrected chi connectivity index (χ0v) is 14.2. The molecule has 3 aromatic rings. The van der Waals surface area contributed by atoms with Gasteiger partial charge in [-0.2, -0.15) is 13.2 Å². The summed E-state index contributed by atoms with van der Waals surface area (Å²) in [4.78, 5) is 0. The first-order valence-electron chi connectivity index (χ1n) is 8.14. The van der Waals surface area contributed by atoms with Gasteiger partial charge in [0.15, 0.2) is 5.65 Å². The average molecular weight is 364 g/mol. The van der Waals surface area contributed by atoms with E-state index in [0.717, 1.165) is 15.7 Å². The first-order valence-corrected chi connectivity index (χ1v) is 8.14. The lowest BCUT2D eigenvalue weighted by atomic mass is 9.87. The lowest BCUT2D eigenvalue weighted by Gasteiger charge is -2.19. The molecule has 1 aliphatic rings. The fraction of sp³-hybridized carbons (Fsp3) is 0.333. The fourth-order valence-electron chi connectivity index (χ4n) is 3.48. The molecule has 4 nitrogen and oxygen atoms in total. The summed E-state index contributed by atoms with van der Waals surface area (Å²) in [6.45, 7) is 4.51. The fourth-order valence-corrected chi connectivity index (χ4v) is 3.48. The van der Waals surface area contributed by atoms with Crippen molar-refractivity contribution in [2.75, 3.05) is 11.9 Å². The molecular weight excluding hydrogens is 348 g/mol. The molecule has 26 heavy (non-hydrogen) atoms. The molecule has 0 saturated heterocycles. The average Bonchev–Trinajstić information content (AvgIpc) is 3.11. The molecule has 0 saturated carbocycles. The summed E-state index contributed by atoms with van der Waals surface area (Å²) >= 11 is 0. The van der Waals surface area contributed by atoms with Crippen LogP contribution in [0.2, 0.25) is 0 Å². The molecule has 0 amide bonds. The molecule has 3 heterocycles. The maximum atomic E-state index is 13.5. The molecule has 2 aromatic heterocycles. The van der Waals surface area contributed by atoms with Gasteiger partial charge >= 0.3 is 6.18 Å². The zero-order valence-electron chi connectivity index (χ0n) is 14.2. The van der Waals surface area contributed by atoms with Crippen molar-refractivity contribution in [1.82, 2.24) is 14.6 Å². The van der Waals surface area contributed by atoms with Gasteiger partial charge in [-0.25, -0.2) is 4.39 Å². The molecule has 0 aliphatic carbocycles. The van der Waals surface area contributed by atoms with Crippen molar-refractivity contribution >= 4 is 11.3 Å². The van der Waals surface area contributed by atoms with Crippen molar-refractivity contribution in [3.8, 4) is 0 Å². The standard InChI is InChI=1S/C18H16F4N4/c1-17(2)9-23-13-8-12(7-10-3-5-11(19)6-4-10)26-15(14(13)17)24-25-16(26)18(20,21)22/h3-6,8,23H,7,9H2,1-2H3. The van der Waals surface area contributed by atoms with Crippen molar-refractivity contribution in [2.24, 2.45) is 0 Å². The highest BCUT2D eigenvalue weighted by atomic mass is 19.4. The summed E-state index contributed by atoms with van der Waals surface area (Å²) in [5.41, 5.74) is 2.44. The van der Waals surface area contributed by atoms with Crippen LogP contribution in [0.5, 0.6) is 0 Å². The lowest BCUT2D eigenvalue weighted by Crippen LogP contribution is -2.20. The van der Waals surface area contributed by atoms with Crippen LogP contribution in [-0.2, 0) is 18.0 Å². The van der Waals surface area contributed by atoms with Gasteiger partial charge < -0.3 is 5.32 Å². The highest BCUT2D eigenvalue weighted by Gasteiger charge is 2.41. The summed E-state index contributed by atoms with van der Waals surface area (Å²) in [6.07, 6.45) is -4.42. The van der Waals surface area contributed by atoms with E-state index in [-0.39, 0.29) is 17.5 Å². The van der Waals surface area contributed by atoms with E-state index in [1.54, 1.807) is 18.2 Å². The van der Waals surface area contributed by atoms with Gasteiger partial charge in [-0.1, -0.05) is 26.0 Å². The lowest BCUT2D eigenvalue weighted by molar-refractivity contribution is -0.145. The zero-order chi connectivity index (χ0) is 18.7. The Hall–Kier alpha value is -2.64. The second-order valence-corrected chi connectivity index (χ2v) is 7.15. The van der Waals surface area contributed by atoms with Gasteiger partial charge in [0.1, 0.15) is 5.82 Å². The van der Waals surface area contributed by atoms with Gasteiger partial charge in [-0.05, 0) is 23.8 Å². The molecule has 4 rings (SSSR count). The Morgan fingerprint density at radius 3 is 2.50 bits per heavy atom. The molecular formula is C18H16F4N4. The molecule has 136 valence electrons. The molecule has 0 spiro atoms. The van der Waals surface area contributed by atoms with E-state index < -0.39 is 17.8 Å². The van der Waals surface area contributed by atoms with Crippen LogP contribution in [0.3, 0.4) is 0 Å². The van der Waals surface area contributed by atoms with Crippen molar-refractivity contribution in [3.63, 3.8) is 0 Å². The number of anilines is 1. The molecule has 0 atom stereocenters. The number of rotatable bonds is 2. The SMILES string of the molecule is CC1(C)CNc2cc(Cc3ccc(F)cc3)n3c(C(F)(F)F)nnc3c21. The number of alkyl halides is 3. The van der Waals surface area contributed by atoms with E-state index in [4.69, 9.17) is 0 Å². The highest BCUT2D eigenvalue weighted by Crippen LogP contribution is 2.41. The minimum Gasteiger partial charge on any atom is -0.384 e. The van der Waals surface area contributed by atoms with E-state index in [0.29, 0.717) is 17.8 Å². The molecule has 0 radical (unpaired) electrons. The Balaban J connectivity index is 1.96. The largest absolute Gasteiger partial charge is 0.452 e. The first-order chi connectivity index (χ1) is 12.2. The Labute approximate surface area is 146 Å². The van der Waals surface area contributed by atoms with Crippen molar-refractivity contribution in [2.45, 2.75) is 31.9 Å². The molecule has 0 fully saturated rings. The van der Waals surface area contributed by atoms with Crippen LogP contribution in [0, 0.1) is 5.82 Å². The summed E-state index contributed by atoms with van der Waals surface area (Å²) in [6, 6.07) is 7.40. The smallest absolute Gasteiger partial charge is 0.384 e. The number of hydrogen-bond donors (Lipinski definition) is 1. The van der Waals surface area contributed by atoms with Crippen molar-refractivity contribution in [1.29, 1.82) is 0 Å². The second-order valence-electron chi connectivity index (χ2n) is 7.15. The highest BCUT2D eigenvalue weighted by molar-refractivity contribution is 5.72. The monoisotopic (exact) mass is 364 g/mol. The summed E-state index contributed by atoms with van der Waals surface area (Å²) in [5, 5.41) is 10.5. The number of aromatic nitrogens is 3. The molecule has 0 bridgehead atoms. The van der Waals surface area contributed by atoms with Gasteiger partial charge in [0.2, 0.25) is 5.82 Å². The van der Waals surface area contributed by atoms with Gasteiger partial charge in [0.05, 0.1) is 0 Å². The topological polar surface area (TPSA) is 42.2 Å². The van der Waals surface area contributed by atoms with Crippen LogP contribution >= 0.6 is 0 Å². The van der Waals surface area contributed by atoms with E-state index in [1.165, 1.54) is 12.1 Å².